The van der Waals surface area contributed by atoms with Gasteiger partial charge < -0.3 is 5.73 Å². The van der Waals surface area contributed by atoms with Crippen molar-refractivity contribution >= 4 is 16.1 Å². The van der Waals surface area contributed by atoms with Crippen molar-refractivity contribution in [2.75, 3.05) is 6.54 Å². The average Bonchev–Trinajstić information content (AvgIpc) is 1.81. The van der Waals surface area contributed by atoms with E-state index in [4.69, 9.17) is 5.73 Å². The second kappa shape index (κ2) is 2.80. The molecule has 1 rings (SSSR count). The minimum atomic E-state index is 0.288. The first-order valence-electron chi connectivity index (χ1n) is 3.71. The molecule has 0 aromatic heterocycles. The molecule has 60 valence electrons. The molecule has 0 bridgehead atoms. The lowest BCUT2D eigenvalue weighted by atomic mass is 9.91. The highest BCUT2D eigenvalue weighted by Gasteiger charge is 2.31. The van der Waals surface area contributed by atoms with Crippen molar-refractivity contribution in [1.82, 2.24) is 3.93 Å². The maximum absolute atomic E-state index is 5.77. The molecule has 0 radical (unpaired) electrons. The monoisotopic (exact) mass is 206 g/mol. The number of nitrogens with two attached hydrogens (primary N) is 1. The van der Waals surface area contributed by atoms with Gasteiger partial charge in [-0.05, 0) is 26.7 Å². The van der Waals surface area contributed by atoms with Gasteiger partial charge in [-0.3, -0.25) is 0 Å². The third kappa shape index (κ3) is 1.71. The van der Waals surface area contributed by atoms with E-state index in [9.17, 15) is 0 Å². The Morgan fingerprint density at radius 3 is 2.60 bits per heavy atom. The summed E-state index contributed by atoms with van der Waals surface area (Å²) < 4.78 is 2.16. The van der Waals surface area contributed by atoms with Gasteiger partial charge in [-0.2, -0.15) is 0 Å². The summed E-state index contributed by atoms with van der Waals surface area (Å²) >= 11 is 3.50. The van der Waals surface area contributed by atoms with E-state index in [0.29, 0.717) is 6.04 Å². The van der Waals surface area contributed by atoms with Crippen LogP contribution in [-0.2, 0) is 0 Å². The highest BCUT2D eigenvalue weighted by atomic mass is 79.9. The van der Waals surface area contributed by atoms with Crippen LogP contribution < -0.4 is 5.73 Å². The molecule has 10 heavy (non-hydrogen) atoms. The van der Waals surface area contributed by atoms with E-state index in [-0.39, 0.29) is 5.54 Å². The van der Waals surface area contributed by atoms with Crippen LogP contribution in [0.15, 0.2) is 0 Å². The summed E-state index contributed by atoms with van der Waals surface area (Å²) in [6, 6.07) is 0.354. The lowest BCUT2D eigenvalue weighted by Gasteiger charge is -2.40. The van der Waals surface area contributed by atoms with Crippen molar-refractivity contribution < 1.29 is 0 Å². The van der Waals surface area contributed by atoms with Crippen molar-refractivity contribution in [2.24, 2.45) is 5.73 Å². The summed E-state index contributed by atoms with van der Waals surface area (Å²) in [5.74, 6) is 0. The average molecular weight is 207 g/mol. The molecule has 2 N–H and O–H groups in total. The summed E-state index contributed by atoms with van der Waals surface area (Å²) in [5, 5.41) is 0. The first-order valence-corrected chi connectivity index (χ1v) is 4.42. The number of piperidine rings is 1. The topological polar surface area (TPSA) is 29.3 Å². The molecule has 2 nitrogen and oxygen atoms in total. The SMILES string of the molecule is CC1(C)CCC(N)CN1Br. The zero-order valence-corrected chi connectivity index (χ0v) is 8.19. The number of halogens is 1. The molecule has 1 unspecified atom stereocenters. The lowest BCUT2D eigenvalue weighted by Crippen LogP contribution is -2.49. The molecular weight excluding hydrogens is 192 g/mol. The summed E-state index contributed by atoms with van der Waals surface area (Å²) in [7, 11) is 0. The Labute approximate surface area is 71.1 Å². The Kier molecular flexibility index (Phi) is 2.38. The predicted octanol–water partition coefficient (Wildman–Crippen LogP) is 1.50. The van der Waals surface area contributed by atoms with Gasteiger partial charge in [0.2, 0.25) is 0 Å². The van der Waals surface area contributed by atoms with Gasteiger partial charge in [0, 0.05) is 34.3 Å². The van der Waals surface area contributed by atoms with Crippen molar-refractivity contribution in [3.63, 3.8) is 0 Å². The Hall–Kier alpha value is 0.400. The summed E-state index contributed by atoms with van der Waals surface area (Å²) in [5.41, 5.74) is 6.06. The van der Waals surface area contributed by atoms with Crippen molar-refractivity contribution in [3.8, 4) is 0 Å². The fourth-order valence-corrected chi connectivity index (χ4v) is 1.75. The summed E-state index contributed by atoms with van der Waals surface area (Å²) in [4.78, 5) is 0. The van der Waals surface area contributed by atoms with Crippen LogP contribution in [0.4, 0.5) is 0 Å². The van der Waals surface area contributed by atoms with E-state index < -0.39 is 0 Å². The molecule has 0 amide bonds. The maximum Gasteiger partial charge on any atom is 0.0261 e. The van der Waals surface area contributed by atoms with Gasteiger partial charge in [-0.15, -0.1) is 0 Å². The minimum Gasteiger partial charge on any atom is -0.327 e. The van der Waals surface area contributed by atoms with Crippen molar-refractivity contribution in [1.29, 1.82) is 0 Å². The Bertz CT molecular complexity index is 125. The van der Waals surface area contributed by atoms with Crippen LogP contribution >= 0.6 is 16.1 Å². The molecule has 0 saturated carbocycles. The zero-order valence-electron chi connectivity index (χ0n) is 6.60. The van der Waals surface area contributed by atoms with E-state index in [1.807, 2.05) is 0 Å². The van der Waals surface area contributed by atoms with E-state index in [1.165, 1.54) is 6.42 Å². The van der Waals surface area contributed by atoms with Gasteiger partial charge in [0.1, 0.15) is 0 Å². The number of rotatable bonds is 0. The quantitative estimate of drug-likeness (QED) is 0.610. The molecule has 0 aromatic carbocycles. The normalized spacial score (nSPS) is 34.2. The largest absolute Gasteiger partial charge is 0.327 e. The van der Waals surface area contributed by atoms with E-state index in [1.54, 1.807) is 0 Å². The molecule has 0 spiro atoms. The third-order valence-electron chi connectivity index (χ3n) is 2.18. The Morgan fingerprint density at radius 1 is 1.60 bits per heavy atom. The lowest BCUT2D eigenvalue weighted by molar-refractivity contribution is 0.178. The number of hydrogen-bond acceptors (Lipinski definition) is 2. The highest BCUT2D eigenvalue weighted by Crippen LogP contribution is 2.29. The van der Waals surface area contributed by atoms with Gasteiger partial charge in [-0.25, -0.2) is 3.93 Å². The van der Waals surface area contributed by atoms with Crippen molar-refractivity contribution in [3.05, 3.63) is 0 Å². The Balaban J connectivity index is 2.52. The second-order valence-corrected chi connectivity index (χ2v) is 4.51. The van der Waals surface area contributed by atoms with Crippen molar-refractivity contribution in [2.45, 2.75) is 38.3 Å². The fourth-order valence-electron chi connectivity index (χ4n) is 1.20. The van der Waals surface area contributed by atoms with Crippen LogP contribution in [-0.4, -0.2) is 22.1 Å². The van der Waals surface area contributed by atoms with Gasteiger partial charge in [0.25, 0.3) is 0 Å². The van der Waals surface area contributed by atoms with Crippen LogP contribution in [0.25, 0.3) is 0 Å². The summed E-state index contributed by atoms with van der Waals surface area (Å²) in [6.45, 7) is 5.42. The Morgan fingerprint density at radius 2 is 2.20 bits per heavy atom. The number of hydrogen-bond donors (Lipinski definition) is 1. The molecule has 1 aliphatic heterocycles. The van der Waals surface area contributed by atoms with Crippen LogP contribution in [0.3, 0.4) is 0 Å². The van der Waals surface area contributed by atoms with E-state index in [0.717, 1.165) is 13.0 Å². The zero-order chi connectivity index (χ0) is 7.78. The molecule has 1 heterocycles. The summed E-state index contributed by atoms with van der Waals surface area (Å²) in [6.07, 6.45) is 2.33. The molecular formula is C7H15BrN2. The molecule has 0 aromatic rings. The van der Waals surface area contributed by atoms with Gasteiger partial charge in [-0.1, -0.05) is 0 Å². The molecule has 1 atom stereocenters. The third-order valence-corrected chi connectivity index (χ3v) is 3.43. The maximum atomic E-state index is 5.77. The molecule has 0 aliphatic carbocycles. The first-order chi connectivity index (χ1) is 4.52. The van der Waals surface area contributed by atoms with E-state index in [2.05, 4.69) is 33.9 Å². The van der Waals surface area contributed by atoms with Gasteiger partial charge in [0.15, 0.2) is 0 Å². The smallest absolute Gasteiger partial charge is 0.0261 e. The molecule has 1 fully saturated rings. The van der Waals surface area contributed by atoms with Gasteiger partial charge >= 0.3 is 0 Å². The van der Waals surface area contributed by atoms with Gasteiger partial charge in [0.05, 0.1) is 0 Å². The second-order valence-electron chi connectivity index (χ2n) is 3.66. The highest BCUT2D eigenvalue weighted by molar-refractivity contribution is 9.07. The molecule has 1 aliphatic rings. The fraction of sp³-hybridized carbons (Fsp3) is 1.00. The minimum absolute atomic E-state index is 0.288. The first kappa shape index (κ1) is 8.50. The standard InChI is InChI=1S/C7H15BrN2/c1-7(2)4-3-6(9)5-10(7)8/h6H,3-5,9H2,1-2H3. The molecule has 1 saturated heterocycles. The van der Waals surface area contributed by atoms with E-state index >= 15 is 0 Å². The van der Waals surface area contributed by atoms with Crippen LogP contribution in [0.5, 0.6) is 0 Å². The molecule has 3 heteroatoms. The van der Waals surface area contributed by atoms with Crippen LogP contribution in [0.1, 0.15) is 26.7 Å². The predicted molar refractivity (Wildman–Crippen MR) is 46.9 cm³/mol. The van der Waals surface area contributed by atoms with Crippen LogP contribution in [0, 0.1) is 0 Å². The number of nitrogens with zero attached hydrogens (tertiary/aromatic N) is 1. The van der Waals surface area contributed by atoms with Crippen LogP contribution in [0.2, 0.25) is 0 Å².